The monoisotopic (exact) mass is 744 g/mol. The molecule has 6 nitrogen and oxygen atoms in total. The summed E-state index contributed by atoms with van der Waals surface area (Å²) in [4.78, 5) is 10.0. The van der Waals surface area contributed by atoms with Gasteiger partial charge in [-0.05, 0) is 0 Å². The molecule has 0 radical (unpaired) electrons. The second kappa shape index (κ2) is 11.0. The van der Waals surface area contributed by atoms with Gasteiger partial charge in [-0.3, -0.25) is 9.47 Å². The predicted molar refractivity (Wildman–Crippen MR) is 77.2 cm³/mol. The van der Waals surface area contributed by atoms with Gasteiger partial charge in [0.1, 0.15) is 0 Å². The molecule has 0 heterocycles. The van der Waals surface area contributed by atoms with Gasteiger partial charge in [0, 0.05) is 0 Å². The van der Waals surface area contributed by atoms with Gasteiger partial charge < -0.3 is 5.11 Å². The van der Waals surface area contributed by atoms with E-state index in [0.29, 0.717) is 0 Å². The Kier molecular flexibility index (Phi) is 10.5. The highest BCUT2D eigenvalue weighted by molar-refractivity contribution is 6.24. The predicted octanol–water partition coefficient (Wildman–Crippen LogP) is 7.62. The molecule has 0 spiro atoms. The van der Waals surface area contributed by atoms with Gasteiger partial charge in [-0.15, -0.1) is 0 Å². The molecule has 44 heavy (non-hydrogen) atoms. The number of hydrogen-bond acceptors (Lipinski definition) is 5. The highest BCUT2D eigenvalue weighted by atomic mass is 35.5. The van der Waals surface area contributed by atoms with E-state index in [0.717, 1.165) is 9.47 Å². The molecule has 4 atom stereocenters. The quantitative estimate of drug-likeness (QED) is 0.126. The molecule has 31 heteroatoms. The number of carbonyl (C=O) groups is 1. The van der Waals surface area contributed by atoms with E-state index >= 15 is 0 Å². The Morgan fingerprint density at radius 1 is 0.432 bits per heavy atom. The molecule has 0 aromatic heterocycles. The summed E-state index contributed by atoms with van der Waals surface area (Å²) in [7, 11) is 0. The van der Waals surface area contributed by atoms with Gasteiger partial charge in [0.15, 0.2) is 0 Å². The number of ether oxygens (including phenoxy) is 4. The molecule has 1 N–H and O–H groups in total. The van der Waals surface area contributed by atoms with Crippen LogP contribution in [0.4, 0.5) is 105 Å². The van der Waals surface area contributed by atoms with E-state index in [1.807, 2.05) is 0 Å². The summed E-state index contributed by atoms with van der Waals surface area (Å²) in [5, 5.41) is 0.585. The lowest BCUT2D eigenvalue weighted by molar-refractivity contribution is -0.596. The van der Waals surface area contributed by atoms with E-state index in [1.165, 1.54) is 9.47 Å². The molecule has 264 valence electrons. The van der Waals surface area contributed by atoms with Crippen LogP contribution in [0.5, 0.6) is 0 Å². The Morgan fingerprint density at radius 3 is 1.00 bits per heavy atom. The van der Waals surface area contributed by atoms with Gasteiger partial charge in [0.05, 0.1) is 0 Å². The van der Waals surface area contributed by atoms with Crippen molar-refractivity contribution in [1.82, 2.24) is 0 Å². The van der Waals surface area contributed by atoms with Gasteiger partial charge in [-0.2, -0.15) is 101 Å². The number of carboxylic acids is 1. The van der Waals surface area contributed by atoms with Gasteiger partial charge in [0.2, 0.25) is 0 Å². The largest absolute Gasteiger partial charge is 0.478 e. The molecule has 0 saturated heterocycles. The Hall–Kier alpha value is -2.08. The zero-order chi connectivity index (χ0) is 36.4. The van der Waals surface area contributed by atoms with Crippen LogP contribution in [0.1, 0.15) is 0 Å². The van der Waals surface area contributed by atoms with Crippen molar-refractivity contribution < 1.29 is 134 Å². The van der Waals surface area contributed by atoms with Crippen molar-refractivity contribution in [3.8, 4) is 0 Å². The van der Waals surface area contributed by atoms with Crippen molar-refractivity contribution in [3.63, 3.8) is 0 Å². The van der Waals surface area contributed by atoms with Crippen LogP contribution in [-0.4, -0.2) is 83.1 Å². The van der Waals surface area contributed by atoms with E-state index in [-0.39, 0.29) is 0 Å². The van der Waals surface area contributed by atoms with E-state index in [2.05, 4.69) is 11.6 Å². The molecule has 4 unspecified atom stereocenters. The number of halogens is 25. The van der Waals surface area contributed by atoms with Crippen molar-refractivity contribution >= 4 is 17.6 Å². The van der Waals surface area contributed by atoms with E-state index in [4.69, 9.17) is 5.11 Å². The maximum absolute atomic E-state index is 14.2. The van der Waals surface area contributed by atoms with Crippen LogP contribution in [-0.2, 0) is 23.7 Å². The Morgan fingerprint density at radius 2 is 0.727 bits per heavy atom. The molecule has 0 aliphatic carbocycles. The average Bonchev–Trinajstić information content (AvgIpc) is 2.68. The fraction of sp³-hybridized carbons (Fsp3) is 0.923. The average molecular weight is 745 g/mol. The van der Waals surface area contributed by atoms with Gasteiger partial charge in [0.25, 0.3) is 0 Å². The van der Waals surface area contributed by atoms with E-state index in [1.54, 1.807) is 0 Å². The van der Waals surface area contributed by atoms with Gasteiger partial charge in [-0.25, -0.2) is 18.7 Å². The smallest absolute Gasteiger partial charge is 0.475 e. The first-order valence-electron chi connectivity index (χ1n) is 8.79. The highest BCUT2D eigenvalue weighted by Crippen LogP contribution is 2.59. The summed E-state index contributed by atoms with van der Waals surface area (Å²) in [6.45, 7) is 0. The molecule has 0 fully saturated rings. The third-order valence-electron chi connectivity index (χ3n) is 3.84. The van der Waals surface area contributed by atoms with Crippen LogP contribution in [0.3, 0.4) is 0 Å². The summed E-state index contributed by atoms with van der Waals surface area (Å²) in [5.74, 6) is -21.4. The fourth-order valence-corrected chi connectivity index (χ4v) is 1.83. The van der Waals surface area contributed by atoms with E-state index < -0.39 is 78.0 Å². The summed E-state index contributed by atoms with van der Waals surface area (Å²) in [6.07, 6.45) is -64.6. The van der Waals surface area contributed by atoms with Crippen molar-refractivity contribution in [2.45, 2.75) is 72.0 Å². The lowest BCUT2D eigenvalue weighted by Gasteiger charge is -2.42. The standard InChI is InChI=1S/C13HClF24O6/c14-3(17,6(20,21)22)10(32,33)43-13(38,9(29,30)31)44-12(36,37)5(19,8(26,27)28)42-11(34,35)4(18,7(23,24)25)41-2(15,16)1(39)40/h(H,39,40). The third kappa shape index (κ3) is 7.32. The number of aliphatic carboxylic acids is 1. The van der Waals surface area contributed by atoms with E-state index in [9.17, 15) is 110 Å². The summed E-state index contributed by atoms with van der Waals surface area (Å²) in [5.41, 5.74) is 0. The minimum absolute atomic E-state index is 1.08. The lowest BCUT2D eigenvalue weighted by Crippen LogP contribution is -2.70. The molecule has 0 amide bonds. The van der Waals surface area contributed by atoms with Crippen LogP contribution in [0.2, 0.25) is 0 Å². The molecule has 0 saturated carbocycles. The molecule has 0 aromatic carbocycles. The number of alkyl halides is 25. The number of carboxylic acid groups (broad SMARTS) is 1. The molecular weight excluding hydrogens is 744 g/mol. The van der Waals surface area contributed by atoms with Crippen molar-refractivity contribution in [2.24, 2.45) is 0 Å². The molecule has 0 rings (SSSR count). The molecule has 0 aromatic rings. The summed E-state index contributed by atoms with van der Waals surface area (Å²) < 4.78 is 320. The van der Waals surface area contributed by atoms with Crippen LogP contribution < -0.4 is 0 Å². The molecule has 0 bridgehead atoms. The van der Waals surface area contributed by atoms with Crippen molar-refractivity contribution in [2.75, 3.05) is 0 Å². The first kappa shape index (κ1) is 41.9. The maximum Gasteiger partial charge on any atom is 0.478 e. The first-order chi connectivity index (χ1) is 18.5. The van der Waals surface area contributed by atoms with Crippen molar-refractivity contribution in [1.29, 1.82) is 0 Å². The second-order valence-corrected chi connectivity index (χ2v) is 7.59. The highest BCUT2D eigenvalue weighted by Gasteiger charge is 2.87. The van der Waals surface area contributed by atoms with Crippen LogP contribution in [0.15, 0.2) is 0 Å². The SMILES string of the molecule is O=C(O)C(F)(F)OC(F)(C(F)(F)F)C(F)(F)OC(F)(C(F)(F)F)C(F)(F)OC(F)(OC(F)(F)C(F)(Cl)C(F)(F)F)C(F)(F)F. The molecule has 0 aliphatic heterocycles. The maximum atomic E-state index is 14.2. The minimum Gasteiger partial charge on any atom is -0.475 e. The first-order valence-corrected chi connectivity index (χ1v) is 9.16. The topological polar surface area (TPSA) is 74.2 Å². The van der Waals surface area contributed by atoms with Gasteiger partial charge >= 0.3 is 78.0 Å². The van der Waals surface area contributed by atoms with Crippen molar-refractivity contribution in [3.05, 3.63) is 0 Å². The van der Waals surface area contributed by atoms with Crippen LogP contribution in [0, 0.1) is 0 Å². The molecular formula is C13HClF24O6. The minimum atomic E-state index is -8.81. The Balaban J connectivity index is 7.33. The Labute approximate surface area is 225 Å². The summed E-state index contributed by atoms with van der Waals surface area (Å²) >= 11 is 3.46. The Bertz CT molecular complexity index is 1050. The lowest BCUT2D eigenvalue weighted by atomic mass is 10.2. The molecule has 0 aliphatic rings. The fourth-order valence-electron chi connectivity index (χ4n) is 1.79. The van der Waals surface area contributed by atoms with Crippen LogP contribution >= 0.6 is 11.6 Å². The number of rotatable bonds is 12. The number of hydrogen-bond donors (Lipinski definition) is 1. The third-order valence-corrected chi connectivity index (χ3v) is 4.28. The van der Waals surface area contributed by atoms with Gasteiger partial charge in [-0.1, -0.05) is 11.6 Å². The second-order valence-electron chi connectivity index (χ2n) is 7.07. The zero-order valence-corrected chi connectivity index (χ0v) is 19.2. The summed E-state index contributed by atoms with van der Waals surface area (Å²) in [6, 6.07) is -8.26. The normalized spacial score (nSPS) is 20.8. The van der Waals surface area contributed by atoms with Crippen LogP contribution in [0.25, 0.3) is 0 Å². The zero-order valence-electron chi connectivity index (χ0n) is 18.4.